The van der Waals surface area contributed by atoms with Crippen LogP contribution in [0, 0.1) is 0 Å². The van der Waals surface area contributed by atoms with E-state index in [2.05, 4.69) is 201 Å². The van der Waals surface area contributed by atoms with Gasteiger partial charge in [-0.1, -0.05) is 205 Å². The predicted octanol–water partition coefficient (Wildman–Crippen LogP) is 14.2. The third kappa shape index (κ3) is 6.25. The van der Waals surface area contributed by atoms with Crippen molar-refractivity contribution in [2.24, 2.45) is 0 Å². The molecule has 284 valence electrons. The molecule has 0 radical (unpaired) electrons. The molecule has 10 rings (SSSR count). The summed E-state index contributed by atoms with van der Waals surface area (Å²) in [4.78, 5) is 5.52. The zero-order valence-corrected chi connectivity index (χ0v) is 36.5. The molecule has 0 aliphatic carbocycles. The highest BCUT2D eigenvalue weighted by Crippen LogP contribution is 2.47. The Morgan fingerprint density at radius 2 is 0.845 bits per heavy atom. The van der Waals surface area contributed by atoms with Gasteiger partial charge in [-0.3, -0.25) is 0 Å². The number of benzene rings is 8. The second kappa shape index (κ2) is 13.8. The zero-order valence-electron chi connectivity index (χ0n) is 34.8. The molecule has 8 aromatic rings. The van der Waals surface area contributed by atoms with Crippen molar-refractivity contribution in [3.63, 3.8) is 0 Å². The van der Waals surface area contributed by atoms with Crippen molar-refractivity contribution in [3.8, 4) is 33.4 Å². The van der Waals surface area contributed by atoms with Gasteiger partial charge in [-0.25, -0.2) is 0 Å². The molecule has 0 nitrogen and oxygen atoms in total. The molecule has 2 aliphatic heterocycles. The first-order chi connectivity index (χ1) is 27.8. The van der Waals surface area contributed by atoms with Gasteiger partial charge in [-0.15, -0.1) is 0 Å². The van der Waals surface area contributed by atoms with E-state index >= 15 is 0 Å². The lowest BCUT2D eigenvalue weighted by Crippen LogP contribution is -2.58. The molecule has 2 aliphatic rings. The summed E-state index contributed by atoms with van der Waals surface area (Å²) >= 11 is 3.93. The minimum atomic E-state index is 0.0732. The molecule has 2 heterocycles. The molecular weight excluding hydrogens is 736 g/mol. The normalized spacial score (nSPS) is 13.5. The van der Waals surface area contributed by atoms with E-state index in [1.165, 1.54) is 108 Å². The minimum absolute atomic E-state index is 0.0732. The van der Waals surface area contributed by atoms with Crippen molar-refractivity contribution in [3.05, 3.63) is 162 Å². The zero-order chi connectivity index (χ0) is 40.1. The molecule has 0 fully saturated rings. The lowest BCUT2D eigenvalue weighted by molar-refractivity contribution is 0.590. The second-order valence-electron chi connectivity index (χ2n) is 18.7. The Balaban J connectivity index is 1.20. The number of rotatable bonds is 4. The van der Waals surface area contributed by atoms with Crippen molar-refractivity contribution < 1.29 is 0 Å². The summed E-state index contributed by atoms with van der Waals surface area (Å²) in [5.74, 6) is 0.372. The Hall–Kier alpha value is -4.96. The molecule has 3 heteroatoms. The largest absolute Gasteiger partial charge is 0.247 e. The third-order valence-corrected chi connectivity index (χ3v) is 14.7. The quantitative estimate of drug-likeness (QED) is 0.129. The summed E-state index contributed by atoms with van der Waals surface area (Å²) in [5.41, 5.74) is 16.4. The van der Waals surface area contributed by atoms with E-state index in [9.17, 15) is 0 Å². The van der Waals surface area contributed by atoms with Gasteiger partial charge in [0.2, 0.25) is 6.71 Å². The van der Waals surface area contributed by atoms with E-state index in [1.54, 1.807) is 0 Å². The summed E-state index contributed by atoms with van der Waals surface area (Å²) in [6, 6.07) is 55.9. The summed E-state index contributed by atoms with van der Waals surface area (Å²) in [5, 5.41) is 5.16. The molecule has 0 amide bonds. The Morgan fingerprint density at radius 1 is 0.414 bits per heavy atom. The van der Waals surface area contributed by atoms with Crippen molar-refractivity contribution in [1.29, 1.82) is 0 Å². The van der Waals surface area contributed by atoms with Crippen LogP contribution in [0.25, 0.3) is 54.9 Å². The molecule has 0 saturated carbocycles. The van der Waals surface area contributed by atoms with Crippen LogP contribution in [0.5, 0.6) is 0 Å². The summed E-state index contributed by atoms with van der Waals surface area (Å²) in [7, 11) is 0. The van der Waals surface area contributed by atoms with E-state index < -0.39 is 0 Å². The first-order valence-electron chi connectivity index (χ1n) is 20.8. The topological polar surface area (TPSA) is 0 Å². The van der Waals surface area contributed by atoms with Crippen LogP contribution in [0.3, 0.4) is 0 Å². The fourth-order valence-electron chi connectivity index (χ4n) is 9.25. The average Bonchev–Trinajstić information content (AvgIpc) is 3.21. The predicted molar refractivity (Wildman–Crippen MR) is 255 cm³/mol. The van der Waals surface area contributed by atoms with Crippen molar-refractivity contribution in [1.82, 2.24) is 0 Å². The average molecular weight is 785 g/mol. The first kappa shape index (κ1) is 37.3. The van der Waals surface area contributed by atoms with Gasteiger partial charge < -0.3 is 0 Å². The lowest BCUT2D eigenvalue weighted by Gasteiger charge is -2.35. The Labute approximate surface area is 353 Å². The third-order valence-electron chi connectivity index (χ3n) is 12.4. The van der Waals surface area contributed by atoms with E-state index in [-0.39, 0.29) is 17.5 Å². The highest BCUT2D eigenvalue weighted by molar-refractivity contribution is 8.01. The summed E-state index contributed by atoms with van der Waals surface area (Å²) in [6.07, 6.45) is 0. The number of hydrogen-bond acceptors (Lipinski definition) is 2. The number of fused-ring (bicyclic) bond motifs is 6. The lowest BCUT2D eigenvalue weighted by atomic mass is 9.36. The first-order valence-corrected chi connectivity index (χ1v) is 22.4. The molecule has 8 aromatic carbocycles. The van der Waals surface area contributed by atoms with Gasteiger partial charge in [0.25, 0.3) is 0 Å². The summed E-state index contributed by atoms with van der Waals surface area (Å²) < 4.78 is 0. The van der Waals surface area contributed by atoms with Gasteiger partial charge in [-0.2, -0.15) is 0 Å². The maximum absolute atomic E-state index is 2.52. The van der Waals surface area contributed by atoms with E-state index in [0.29, 0.717) is 5.92 Å². The smallest absolute Gasteiger partial charge is 0.0911 e. The Morgan fingerprint density at radius 3 is 1.31 bits per heavy atom. The molecule has 0 saturated heterocycles. The van der Waals surface area contributed by atoms with Gasteiger partial charge >= 0.3 is 0 Å². The molecule has 0 bridgehead atoms. The number of hydrogen-bond donors (Lipinski definition) is 0. The summed E-state index contributed by atoms with van der Waals surface area (Å²) in [6.45, 7) is 18.9. The SMILES string of the molecule is CC(C)c1cc(-c2cc3c4c(c2)Sc2ccc(C(C)(C)C)cc2B4c2cc(C(C)(C)C)ccc2S3)cc(-c2c3ccccc3c(-c3ccccc3)c3ccccc23)c1. The van der Waals surface area contributed by atoms with E-state index in [1.807, 2.05) is 23.5 Å². The van der Waals surface area contributed by atoms with Gasteiger partial charge in [0, 0.05) is 19.6 Å². The molecule has 0 unspecified atom stereocenters. The molecule has 0 N–H and O–H groups in total. The van der Waals surface area contributed by atoms with Crippen LogP contribution in [-0.2, 0) is 10.8 Å². The van der Waals surface area contributed by atoms with Crippen molar-refractivity contribution >= 4 is 68.2 Å². The fraction of sp³-hybridized carbons (Fsp3) is 0.200. The van der Waals surface area contributed by atoms with Crippen LogP contribution >= 0.6 is 23.5 Å². The maximum atomic E-state index is 2.52. The van der Waals surface area contributed by atoms with Gasteiger partial charge in [0.05, 0.1) is 0 Å². The minimum Gasteiger partial charge on any atom is -0.0911 e. The molecule has 0 atom stereocenters. The van der Waals surface area contributed by atoms with Crippen molar-refractivity contribution in [2.75, 3.05) is 0 Å². The fourth-order valence-corrected chi connectivity index (χ4v) is 11.7. The molecule has 58 heavy (non-hydrogen) atoms. The van der Waals surface area contributed by atoms with Crippen molar-refractivity contribution in [2.45, 2.75) is 91.7 Å². The highest BCUT2D eigenvalue weighted by Gasteiger charge is 2.39. The molecular formula is C55H49BS2. The second-order valence-corrected chi connectivity index (χ2v) is 20.9. The van der Waals surface area contributed by atoms with Gasteiger partial charge in [0.1, 0.15) is 0 Å². The van der Waals surface area contributed by atoms with E-state index in [4.69, 9.17) is 0 Å². The highest BCUT2D eigenvalue weighted by atomic mass is 32.2. The monoisotopic (exact) mass is 784 g/mol. The Kier molecular flexibility index (Phi) is 8.90. The van der Waals surface area contributed by atoms with Crippen LogP contribution in [0.2, 0.25) is 0 Å². The van der Waals surface area contributed by atoms with E-state index in [0.717, 1.165) is 0 Å². The van der Waals surface area contributed by atoms with Crippen LogP contribution in [0.15, 0.2) is 165 Å². The van der Waals surface area contributed by atoms with Crippen LogP contribution in [0.4, 0.5) is 0 Å². The molecule has 0 spiro atoms. The van der Waals surface area contributed by atoms with Crippen LogP contribution in [0.1, 0.15) is 78.0 Å². The molecule has 0 aromatic heterocycles. The van der Waals surface area contributed by atoms with Gasteiger partial charge in [0.15, 0.2) is 0 Å². The van der Waals surface area contributed by atoms with Crippen LogP contribution < -0.4 is 16.4 Å². The standard InChI is InChI=1S/C55H49BS2/c1-33(2)35-26-36(28-38(27-35)52-43-20-14-12-18-41(43)51(34-16-10-9-11-17-34)42-19-13-15-21-44(42)52)37-29-49-53-50(30-37)58-48-25-23-40(55(6,7)8)32-46(48)56(53)45-31-39(54(3,4)5)22-24-47(45)57-49/h9-33H,1-8H3. The van der Waals surface area contributed by atoms with Gasteiger partial charge in [-0.05, 0) is 124 Å². The Bertz CT molecular complexity index is 2800. The van der Waals surface area contributed by atoms with Crippen LogP contribution in [-0.4, -0.2) is 6.71 Å². The maximum Gasteiger partial charge on any atom is 0.247 e.